The van der Waals surface area contributed by atoms with Gasteiger partial charge in [0.1, 0.15) is 6.07 Å². The first-order chi connectivity index (χ1) is 8.22. The summed E-state index contributed by atoms with van der Waals surface area (Å²) in [6, 6.07) is 9.12. The molecule has 2 unspecified atom stereocenters. The first-order valence-corrected chi connectivity index (χ1v) is 5.73. The van der Waals surface area contributed by atoms with Crippen molar-refractivity contribution in [3.63, 3.8) is 0 Å². The van der Waals surface area contributed by atoms with Gasteiger partial charge in [0.2, 0.25) is 5.91 Å². The fourth-order valence-electron chi connectivity index (χ4n) is 2.08. The maximum atomic E-state index is 12.0. The Kier molecular flexibility index (Phi) is 3.40. The molecule has 1 fully saturated rings. The summed E-state index contributed by atoms with van der Waals surface area (Å²) in [5.74, 6) is 0.316. The van der Waals surface area contributed by atoms with Crippen LogP contribution in [0.5, 0.6) is 0 Å². The molecule has 1 heterocycles. The molecule has 1 aliphatic heterocycles. The topological polar surface area (TPSA) is 64.9 Å². The summed E-state index contributed by atoms with van der Waals surface area (Å²) < 4.78 is 0. The van der Waals surface area contributed by atoms with E-state index in [2.05, 4.69) is 23.6 Å². The van der Waals surface area contributed by atoms with Crippen LogP contribution in [0.25, 0.3) is 0 Å². The van der Waals surface area contributed by atoms with Gasteiger partial charge in [0, 0.05) is 6.54 Å². The average molecular weight is 229 g/mol. The third-order valence-corrected chi connectivity index (χ3v) is 3.16. The lowest BCUT2D eigenvalue weighted by Crippen LogP contribution is -2.28. The zero-order chi connectivity index (χ0) is 12.3. The van der Waals surface area contributed by atoms with Crippen molar-refractivity contribution in [2.24, 2.45) is 11.8 Å². The van der Waals surface area contributed by atoms with E-state index in [4.69, 9.17) is 5.26 Å². The Hall–Kier alpha value is -1.86. The van der Waals surface area contributed by atoms with Crippen LogP contribution < -0.4 is 10.6 Å². The lowest BCUT2D eigenvalue weighted by Gasteiger charge is -2.14. The molecule has 0 radical (unpaired) electrons. The van der Waals surface area contributed by atoms with E-state index in [9.17, 15) is 4.79 Å². The van der Waals surface area contributed by atoms with Gasteiger partial charge >= 0.3 is 0 Å². The van der Waals surface area contributed by atoms with Gasteiger partial charge in [-0.25, -0.2) is 0 Å². The molecule has 4 heteroatoms. The average Bonchev–Trinajstić information content (AvgIpc) is 2.76. The first kappa shape index (κ1) is 11.6. The van der Waals surface area contributed by atoms with E-state index in [0.29, 0.717) is 23.7 Å². The fourth-order valence-corrected chi connectivity index (χ4v) is 2.08. The zero-order valence-corrected chi connectivity index (χ0v) is 9.73. The molecule has 0 bridgehead atoms. The first-order valence-electron chi connectivity index (χ1n) is 5.73. The second-order valence-corrected chi connectivity index (χ2v) is 4.39. The number of rotatable bonds is 2. The lowest BCUT2D eigenvalue weighted by atomic mass is 9.97. The second-order valence-electron chi connectivity index (χ2n) is 4.39. The lowest BCUT2D eigenvalue weighted by molar-refractivity contribution is -0.120. The van der Waals surface area contributed by atoms with Crippen molar-refractivity contribution < 1.29 is 4.79 Å². The summed E-state index contributed by atoms with van der Waals surface area (Å²) in [7, 11) is 0. The molecule has 2 atom stereocenters. The van der Waals surface area contributed by atoms with Gasteiger partial charge in [-0.15, -0.1) is 0 Å². The molecule has 88 valence electrons. The van der Waals surface area contributed by atoms with Crippen LogP contribution in [0, 0.1) is 23.2 Å². The van der Waals surface area contributed by atoms with Gasteiger partial charge in [0.15, 0.2) is 0 Å². The molecule has 0 spiro atoms. The SMILES string of the molecule is CC1CNCC1C(=O)Nc1ccccc1C#N. The molecular weight excluding hydrogens is 214 g/mol. The van der Waals surface area contributed by atoms with E-state index < -0.39 is 0 Å². The number of nitriles is 1. The quantitative estimate of drug-likeness (QED) is 0.804. The maximum absolute atomic E-state index is 12.0. The molecule has 2 rings (SSSR count). The summed E-state index contributed by atoms with van der Waals surface area (Å²) in [6.07, 6.45) is 0. The van der Waals surface area contributed by atoms with Crippen molar-refractivity contribution in [3.05, 3.63) is 29.8 Å². The third-order valence-electron chi connectivity index (χ3n) is 3.16. The van der Waals surface area contributed by atoms with Crippen molar-refractivity contribution in [2.45, 2.75) is 6.92 Å². The minimum absolute atomic E-state index is 0.00907. The monoisotopic (exact) mass is 229 g/mol. The maximum Gasteiger partial charge on any atom is 0.229 e. The van der Waals surface area contributed by atoms with Gasteiger partial charge in [-0.2, -0.15) is 5.26 Å². The molecule has 2 N–H and O–H groups in total. The molecule has 0 aromatic heterocycles. The Bertz CT molecular complexity index is 464. The minimum Gasteiger partial charge on any atom is -0.325 e. The molecule has 1 aromatic rings. The molecule has 0 aliphatic carbocycles. The van der Waals surface area contributed by atoms with Crippen LogP contribution in [0.1, 0.15) is 12.5 Å². The van der Waals surface area contributed by atoms with E-state index in [1.54, 1.807) is 18.2 Å². The third kappa shape index (κ3) is 2.45. The van der Waals surface area contributed by atoms with Gasteiger partial charge in [0.05, 0.1) is 17.2 Å². The van der Waals surface area contributed by atoms with Crippen molar-refractivity contribution in [1.29, 1.82) is 5.26 Å². The highest BCUT2D eigenvalue weighted by Gasteiger charge is 2.29. The normalized spacial score (nSPS) is 23.1. The van der Waals surface area contributed by atoms with Crippen molar-refractivity contribution >= 4 is 11.6 Å². The Morgan fingerprint density at radius 3 is 2.88 bits per heavy atom. The van der Waals surface area contributed by atoms with Crippen molar-refractivity contribution in [3.8, 4) is 6.07 Å². The number of amides is 1. The van der Waals surface area contributed by atoms with Crippen molar-refractivity contribution in [2.75, 3.05) is 18.4 Å². The highest BCUT2D eigenvalue weighted by molar-refractivity contribution is 5.94. The Morgan fingerprint density at radius 2 is 2.24 bits per heavy atom. The smallest absolute Gasteiger partial charge is 0.229 e. The summed E-state index contributed by atoms with van der Waals surface area (Å²) in [5, 5.41) is 15.0. The molecule has 17 heavy (non-hydrogen) atoms. The second kappa shape index (κ2) is 4.98. The van der Waals surface area contributed by atoms with E-state index in [0.717, 1.165) is 6.54 Å². The summed E-state index contributed by atoms with van der Waals surface area (Å²) in [4.78, 5) is 12.0. The highest BCUT2D eigenvalue weighted by Crippen LogP contribution is 2.20. The number of carbonyl (C=O) groups excluding carboxylic acids is 1. The molecule has 1 aromatic carbocycles. The Labute approximate surface area is 101 Å². The number of benzene rings is 1. The molecule has 1 saturated heterocycles. The minimum atomic E-state index is -0.0123. The van der Waals surface area contributed by atoms with Crippen molar-refractivity contribution in [1.82, 2.24) is 5.32 Å². The standard InChI is InChI=1S/C13H15N3O/c1-9-7-15-8-11(9)13(17)16-12-5-3-2-4-10(12)6-14/h2-5,9,11,15H,7-8H2,1H3,(H,16,17). The number of para-hydroxylation sites is 1. The number of hydrogen-bond acceptors (Lipinski definition) is 3. The van der Waals surface area contributed by atoms with Gasteiger partial charge in [-0.1, -0.05) is 19.1 Å². The number of hydrogen-bond donors (Lipinski definition) is 2. The molecule has 1 amide bonds. The van der Waals surface area contributed by atoms with Gasteiger partial charge in [-0.3, -0.25) is 4.79 Å². The predicted octanol–water partition coefficient (Wildman–Crippen LogP) is 1.35. The summed E-state index contributed by atoms with van der Waals surface area (Å²) >= 11 is 0. The van der Waals surface area contributed by atoms with E-state index in [1.165, 1.54) is 0 Å². The number of nitrogens with one attached hydrogen (secondary N) is 2. The Morgan fingerprint density at radius 1 is 1.47 bits per heavy atom. The van der Waals surface area contributed by atoms with Crippen LogP contribution in [0.3, 0.4) is 0 Å². The van der Waals surface area contributed by atoms with Gasteiger partial charge < -0.3 is 10.6 Å². The number of anilines is 1. The van der Waals surface area contributed by atoms with E-state index in [1.807, 2.05) is 6.07 Å². The van der Waals surface area contributed by atoms with Gasteiger partial charge in [-0.05, 0) is 24.6 Å². The van der Waals surface area contributed by atoms with Crippen LogP contribution in [-0.2, 0) is 4.79 Å². The molecule has 1 aliphatic rings. The summed E-state index contributed by atoms with van der Waals surface area (Å²) in [5.41, 5.74) is 1.10. The highest BCUT2D eigenvalue weighted by atomic mass is 16.1. The fraction of sp³-hybridized carbons (Fsp3) is 0.385. The predicted molar refractivity (Wildman–Crippen MR) is 65.3 cm³/mol. The zero-order valence-electron chi connectivity index (χ0n) is 9.73. The number of nitrogens with zero attached hydrogens (tertiary/aromatic N) is 1. The van der Waals surface area contributed by atoms with Crippen LogP contribution in [-0.4, -0.2) is 19.0 Å². The Balaban J connectivity index is 2.11. The molecule has 0 saturated carbocycles. The molecule has 4 nitrogen and oxygen atoms in total. The van der Waals surface area contributed by atoms with E-state index in [-0.39, 0.29) is 11.8 Å². The largest absolute Gasteiger partial charge is 0.325 e. The van der Waals surface area contributed by atoms with Gasteiger partial charge in [0.25, 0.3) is 0 Å². The summed E-state index contributed by atoms with van der Waals surface area (Å²) in [6.45, 7) is 3.64. The van der Waals surface area contributed by atoms with Crippen LogP contribution in [0.4, 0.5) is 5.69 Å². The van der Waals surface area contributed by atoms with Crippen LogP contribution in [0.2, 0.25) is 0 Å². The van der Waals surface area contributed by atoms with Crippen LogP contribution >= 0.6 is 0 Å². The molecular formula is C13H15N3O. The number of carbonyl (C=O) groups is 1. The van der Waals surface area contributed by atoms with Crippen LogP contribution in [0.15, 0.2) is 24.3 Å². The van der Waals surface area contributed by atoms with E-state index >= 15 is 0 Å².